The number of furan rings is 1. The summed E-state index contributed by atoms with van der Waals surface area (Å²) in [5, 5.41) is 2.70. The van der Waals surface area contributed by atoms with Gasteiger partial charge < -0.3 is 9.73 Å². The van der Waals surface area contributed by atoms with Crippen LogP contribution in [0.15, 0.2) is 39.7 Å². The summed E-state index contributed by atoms with van der Waals surface area (Å²) in [6.45, 7) is 1.82. The number of carbonyl (C=O) groups excluding carboxylic acids is 1. The number of anilines is 1. The maximum Gasteiger partial charge on any atom is 0.291 e. The van der Waals surface area contributed by atoms with Crippen LogP contribution in [0.1, 0.15) is 16.1 Å². The van der Waals surface area contributed by atoms with E-state index in [-0.39, 0.29) is 5.91 Å². The predicted molar refractivity (Wildman–Crippen MR) is 63.3 cm³/mol. The second kappa shape index (κ2) is 4.49. The molecule has 0 aromatic carbocycles. The molecule has 5 heteroatoms. The molecule has 0 fully saturated rings. The molecule has 1 amide bonds. The lowest BCUT2D eigenvalue weighted by Crippen LogP contribution is -2.12. The Balaban J connectivity index is 2.14. The number of pyridine rings is 1. The van der Waals surface area contributed by atoms with Crippen molar-refractivity contribution in [2.45, 2.75) is 6.92 Å². The molecule has 0 aliphatic carbocycles. The van der Waals surface area contributed by atoms with Crippen LogP contribution in [-0.4, -0.2) is 10.9 Å². The van der Waals surface area contributed by atoms with Gasteiger partial charge in [-0.2, -0.15) is 0 Å². The van der Waals surface area contributed by atoms with Crippen molar-refractivity contribution < 1.29 is 9.21 Å². The van der Waals surface area contributed by atoms with E-state index < -0.39 is 0 Å². The number of hydrogen-bond acceptors (Lipinski definition) is 3. The molecule has 82 valence electrons. The van der Waals surface area contributed by atoms with E-state index in [2.05, 4.69) is 26.2 Å². The lowest BCUT2D eigenvalue weighted by atomic mass is 10.2. The molecule has 2 aromatic heterocycles. The zero-order valence-corrected chi connectivity index (χ0v) is 10.1. The van der Waals surface area contributed by atoms with Gasteiger partial charge in [-0.05, 0) is 41.1 Å². The third-order valence-electron chi connectivity index (χ3n) is 2.05. The summed E-state index contributed by atoms with van der Waals surface area (Å²) in [6, 6.07) is 5.26. The molecular formula is C11H9BrN2O2. The average molecular weight is 281 g/mol. The lowest BCUT2D eigenvalue weighted by Gasteiger charge is -2.02. The fourth-order valence-electron chi connectivity index (χ4n) is 1.24. The van der Waals surface area contributed by atoms with E-state index in [4.69, 9.17) is 4.42 Å². The van der Waals surface area contributed by atoms with Gasteiger partial charge in [0.15, 0.2) is 5.76 Å². The molecular weight excluding hydrogens is 272 g/mol. The first kappa shape index (κ1) is 10.9. The fourth-order valence-corrected chi connectivity index (χ4v) is 1.48. The second-order valence-corrected chi connectivity index (χ2v) is 4.07. The Kier molecular flexibility index (Phi) is 3.05. The molecule has 0 saturated carbocycles. The van der Waals surface area contributed by atoms with Crippen molar-refractivity contribution >= 4 is 27.5 Å². The number of amides is 1. The van der Waals surface area contributed by atoms with E-state index in [1.807, 2.05) is 6.92 Å². The van der Waals surface area contributed by atoms with Gasteiger partial charge >= 0.3 is 0 Å². The Morgan fingerprint density at radius 1 is 1.44 bits per heavy atom. The highest BCUT2D eigenvalue weighted by Crippen LogP contribution is 2.14. The van der Waals surface area contributed by atoms with Crippen LogP contribution in [0, 0.1) is 6.92 Å². The molecule has 0 aliphatic heterocycles. The van der Waals surface area contributed by atoms with Crippen molar-refractivity contribution in [3.8, 4) is 0 Å². The number of carbonyl (C=O) groups is 1. The third-order valence-corrected chi connectivity index (χ3v) is 2.52. The van der Waals surface area contributed by atoms with Crippen LogP contribution < -0.4 is 5.32 Å². The molecule has 0 radical (unpaired) electrons. The Labute approximate surface area is 101 Å². The van der Waals surface area contributed by atoms with Crippen LogP contribution in [0.2, 0.25) is 0 Å². The van der Waals surface area contributed by atoms with Gasteiger partial charge in [-0.3, -0.25) is 4.79 Å². The lowest BCUT2D eigenvalue weighted by molar-refractivity contribution is 0.0996. The predicted octanol–water partition coefficient (Wildman–Crippen LogP) is 3.00. The fraction of sp³-hybridized carbons (Fsp3) is 0.0909. The molecule has 0 bridgehead atoms. The third kappa shape index (κ3) is 2.30. The molecule has 0 atom stereocenters. The second-order valence-electron chi connectivity index (χ2n) is 3.26. The van der Waals surface area contributed by atoms with E-state index in [0.29, 0.717) is 11.4 Å². The van der Waals surface area contributed by atoms with Crippen LogP contribution in [0.5, 0.6) is 0 Å². The van der Waals surface area contributed by atoms with Gasteiger partial charge in [-0.15, -0.1) is 0 Å². The molecule has 0 aliphatic rings. The zero-order chi connectivity index (χ0) is 11.5. The SMILES string of the molecule is Cc1ccoc1C(=O)Nc1ccc(Br)nc1. The topological polar surface area (TPSA) is 55.1 Å². The number of nitrogens with one attached hydrogen (secondary N) is 1. The molecule has 4 nitrogen and oxygen atoms in total. The molecule has 0 spiro atoms. The Morgan fingerprint density at radius 3 is 2.81 bits per heavy atom. The first-order chi connectivity index (χ1) is 7.66. The van der Waals surface area contributed by atoms with Gasteiger partial charge in [-0.25, -0.2) is 4.98 Å². The molecule has 2 rings (SSSR count). The average Bonchev–Trinajstić information content (AvgIpc) is 2.68. The van der Waals surface area contributed by atoms with Crippen LogP contribution in [-0.2, 0) is 0 Å². The first-order valence-corrected chi connectivity index (χ1v) is 5.43. The number of aryl methyl sites for hydroxylation is 1. The van der Waals surface area contributed by atoms with Gasteiger partial charge in [0.1, 0.15) is 4.60 Å². The number of halogens is 1. The molecule has 2 aromatic rings. The highest BCUT2D eigenvalue weighted by molar-refractivity contribution is 9.10. The molecule has 0 saturated heterocycles. The van der Waals surface area contributed by atoms with Crippen molar-refractivity contribution in [1.82, 2.24) is 4.98 Å². The Bertz CT molecular complexity index is 505. The number of nitrogens with zero attached hydrogens (tertiary/aromatic N) is 1. The summed E-state index contributed by atoms with van der Waals surface area (Å²) in [6.07, 6.45) is 3.06. The highest BCUT2D eigenvalue weighted by atomic mass is 79.9. The number of rotatable bonds is 2. The first-order valence-electron chi connectivity index (χ1n) is 4.64. The van der Waals surface area contributed by atoms with E-state index >= 15 is 0 Å². The number of aromatic nitrogens is 1. The minimum absolute atomic E-state index is 0.272. The maximum absolute atomic E-state index is 11.7. The maximum atomic E-state index is 11.7. The summed E-state index contributed by atoms with van der Waals surface area (Å²) in [5.74, 6) is 0.0505. The summed E-state index contributed by atoms with van der Waals surface area (Å²) in [7, 11) is 0. The van der Waals surface area contributed by atoms with Gasteiger partial charge in [0.2, 0.25) is 0 Å². The highest BCUT2D eigenvalue weighted by Gasteiger charge is 2.12. The van der Waals surface area contributed by atoms with Crippen molar-refractivity contribution in [1.29, 1.82) is 0 Å². The van der Waals surface area contributed by atoms with E-state index in [1.165, 1.54) is 6.26 Å². The minimum Gasteiger partial charge on any atom is -0.459 e. The van der Waals surface area contributed by atoms with Crippen LogP contribution in [0.3, 0.4) is 0 Å². The standard InChI is InChI=1S/C11H9BrN2O2/c1-7-4-5-16-10(7)11(15)14-8-2-3-9(12)13-6-8/h2-6H,1H3,(H,14,15). The molecule has 16 heavy (non-hydrogen) atoms. The summed E-state index contributed by atoms with van der Waals surface area (Å²) in [5.41, 5.74) is 1.44. The van der Waals surface area contributed by atoms with Gasteiger partial charge in [-0.1, -0.05) is 0 Å². The van der Waals surface area contributed by atoms with Crippen molar-refractivity contribution in [3.63, 3.8) is 0 Å². The van der Waals surface area contributed by atoms with E-state index in [0.717, 1.165) is 10.2 Å². The number of hydrogen-bond donors (Lipinski definition) is 1. The van der Waals surface area contributed by atoms with Crippen molar-refractivity contribution in [2.24, 2.45) is 0 Å². The largest absolute Gasteiger partial charge is 0.459 e. The zero-order valence-electron chi connectivity index (χ0n) is 8.53. The van der Waals surface area contributed by atoms with Crippen molar-refractivity contribution in [2.75, 3.05) is 5.32 Å². The van der Waals surface area contributed by atoms with Gasteiger partial charge in [0.25, 0.3) is 5.91 Å². The normalized spacial score (nSPS) is 10.1. The van der Waals surface area contributed by atoms with E-state index in [1.54, 1.807) is 24.4 Å². The minimum atomic E-state index is -0.272. The monoisotopic (exact) mass is 280 g/mol. The summed E-state index contributed by atoms with van der Waals surface area (Å²) >= 11 is 3.22. The van der Waals surface area contributed by atoms with Crippen LogP contribution in [0.4, 0.5) is 5.69 Å². The van der Waals surface area contributed by atoms with Gasteiger partial charge in [0.05, 0.1) is 18.1 Å². The van der Waals surface area contributed by atoms with E-state index in [9.17, 15) is 4.79 Å². The van der Waals surface area contributed by atoms with Crippen LogP contribution in [0.25, 0.3) is 0 Å². The Hall–Kier alpha value is -1.62. The summed E-state index contributed by atoms with van der Waals surface area (Å²) < 4.78 is 5.80. The van der Waals surface area contributed by atoms with Crippen LogP contribution >= 0.6 is 15.9 Å². The van der Waals surface area contributed by atoms with Gasteiger partial charge in [0, 0.05) is 5.56 Å². The molecule has 0 unspecified atom stereocenters. The smallest absolute Gasteiger partial charge is 0.291 e. The molecule has 1 N–H and O–H groups in total. The molecule has 2 heterocycles. The quantitative estimate of drug-likeness (QED) is 0.861. The summed E-state index contributed by atoms with van der Waals surface area (Å²) in [4.78, 5) is 15.7. The Morgan fingerprint density at radius 2 is 2.25 bits per heavy atom. The van der Waals surface area contributed by atoms with Crippen molar-refractivity contribution in [3.05, 3.63) is 46.6 Å².